The molecule has 2 aromatic heterocycles. The van der Waals surface area contributed by atoms with E-state index in [9.17, 15) is 0 Å². The van der Waals surface area contributed by atoms with Crippen LogP contribution in [0.4, 0.5) is 0 Å². The molecule has 4 nitrogen and oxygen atoms in total. The van der Waals surface area contributed by atoms with Crippen molar-refractivity contribution in [3.05, 3.63) is 83.9 Å². The third kappa shape index (κ3) is 2.79. The van der Waals surface area contributed by atoms with Gasteiger partial charge in [0.15, 0.2) is 5.82 Å². The first-order valence-corrected chi connectivity index (χ1v) is 9.19. The molecule has 0 fully saturated rings. The van der Waals surface area contributed by atoms with Crippen molar-refractivity contribution in [3.63, 3.8) is 0 Å². The first-order valence-electron chi connectivity index (χ1n) is 9.19. The van der Waals surface area contributed by atoms with Crippen molar-refractivity contribution < 1.29 is 9.15 Å². The Balaban J connectivity index is 1.74. The molecule has 0 N–H and O–H groups in total. The van der Waals surface area contributed by atoms with Crippen LogP contribution in [-0.2, 0) is 0 Å². The van der Waals surface area contributed by atoms with Crippen LogP contribution in [-0.4, -0.2) is 9.97 Å². The number of nitrogens with zero attached hydrogens (tertiary/aromatic N) is 2. The highest BCUT2D eigenvalue weighted by molar-refractivity contribution is 6.04. The highest BCUT2D eigenvalue weighted by Gasteiger charge is 2.18. The van der Waals surface area contributed by atoms with Gasteiger partial charge in [0, 0.05) is 10.9 Å². The molecule has 0 radical (unpaired) electrons. The third-order valence-corrected chi connectivity index (χ3v) is 4.91. The zero-order valence-electron chi connectivity index (χ0n) is 15.6. The number of ether oxygens (including phenoxy) is 1. The zero-order valence-corrected chi connectivity index (χ0v) is 15.6. The number of fused-ring (bicyclic) bond motifs is 3. The predicted molar refractivity (Wildman–Crippen MR) is 111 cm³/mol. The van der Waals surface area contributed by atoms with Crippen molar-refractivity contribution in [1.29, 1.82) is 0 Å². The van der Waals surface area contributed by atoms with E-state index in [2.05, 4.69) is 18.8 Å². The molecule has 0 unspecified atom stereocenters. The van der Waals surface area contributed by atoms with Crippen molar-refractivity contribution >= 4 is 22.1 Å². The Morgan fingerprint density at radius 2 is 1.57 bits per heavy atom. The molecule has 2 heterocycles. The van der Waals surface area contributed by atoms with Crippen LogP contribution in [0, 0.1) is 13.8 Å². The van der Waals surface area contributed by atoms with Gasteiger partial charge in [-0.25, -0.2) is 4.98 Å². The second-order valence-corrected chi connectivity index (χ2v) is 6.84. The summed E-state index contributed by atoms with van der Waals surface area (Å²) in [4.78, 5) is 9.47. The quantitative estimate of drug-likeness (QED) is 0.368. The van der Waals surface area contributed by atoms with Gasteiger partial charge in [-0.15, -0.1) is 0 Å². The van der Waals surface area contributed by atoms with Crippen LogP contribution in [0.1, 0.15) is 11.1 Å². The molecular weight excluding hydrogens is 348 g/mol. The van der Waals surface area contributed by atoms with E-state index in [1.807, 2.05) is 72.8 Å². The monoisotopic (exact) mass is 366 g/mol. The number of aryl methyl sites for hydroxylation is 2. The smallest absolute Gasteiger partial charge is 0.267 e. The summed E-state index contributed by atoms with van der Waals surface area (Å²) < 4.78 is 12.2. The summed E-state index contributed by atoms with van der Waals surface area (Å²) in [5.74, 6) is 1.75. The van der Waals surface area contributed by atoms with E-state index < -0.39 is 0 Å². The molecule has 0 amide bonds. The lowest BCUT2D eigenvalue weighted by molar-refractivity contribution is 0.456. The Hall–Kier alpha value is -3.66. The van der Waals surface area contributed by atoms with Crippen LogP contribution < -0.4 is 4.74 Å². The minimum absolute atomic E-state index is 0.420. The summed E-state index contributed by atoms with van der Waals surface area (Å²) in [5.41, 5.74) is 5.38. The highest BCUT2D eigenvalue weighted by atomic mass is 16.5. The van der Waals surface area contributed by atoms with Crippen LogP contribution in [0.5, 0.6) is 11.6 Å². The molecular formula is C24H18N2O2. The fourth-order valence-corrected chi connectivity index (χ4v) is 3.24. The molecule has 0 saturated carbocycles. The number of furan rings is 1. The third-order valence-electron chi connectivity index (χ3n) is 4.91. The van der Waals surface area contributed by atoms with Crippen molar-refractivity contribution in [2.75, 3.05) is 0 Å². The van der Waals surface area contributed by atoms with Crippen molar-refractivity contribution in [3.8, 4) is 23.0 Å². The summed E-state index contributed by atoms with van der Waals surface area (Å²) in [5, 5.41) is 0.946. The average molecular weight is 366 g/mol. The number of benzene rings is 3. The van der Waals surface area contributed by atoms with Crippen LogP contribution in [0.2, 0.25) is 0 Å². The van der Waals surface area contributed by atoms with Gasteiger partial charge in [-0.1, -0.05) is 48.5 Å². The molecule has 5 rings (SSSR count). The van der Waals surface area contributed by atoms with Gasteiger partial charge < -0.3 is 9.15 Å². The fourth-order valence-electron chi connectivity index (χ4n) is 3.24. The number of para-hydroxylation sites is 1. The second-order valence-electron chi connectivity index (χ2n) is 6.84. The predicted octanol–water partition coefficient (Wildman–Crippen LogP) is 6.45. The maximum atomic E-state index is 6.17. The lowest BCUT2D eigenvalue weighted by Crippen LogP contribution is -1.95. The SMILES string of the molecule is Cc1ccc(Oc2nc(-c3ccccc3)nc3c2oc2ccccc23)cc1C. The standard InChI is InChI=1S/C24H18N2O2/c1-15-12-13-18(14-16(15)2)27-24-22-21(19-10-6-7-11-20(19)28-22)25-23(26-24)17-8-4-3-5-9-17/h3-14H,1-2H3. The highest BCUT2D eigenvalue weighted by Crippen LogP contribution is 2.36. The van der Waals surface area contributed by atoms with E-state index in [-0.39, 0.29) is 0 Å². The number of aromatic nitrogens is 2. The normalized spacial score (nSPS) is 11.2. The number of hydrogen-bond donors (Lipinski definition) is 0. The first kappa shape index (κ1) is 16.5. The van der Waals surface area contributed by atoms with E-state index in [1.165, 1.54) is 5.56 Å². The van der Waals surface area contributed by atoms with Gasteiger partial charge in [-0.2, -0.15) is 4.98 Å². The molecule has 0 aliphatic carbocycles. The van der Waals surface area contributed by atoms with Crippen LogP contribution in [0.15, 0.2) is 77.2 Å². The summed E-state index contributed by atoms with van der Waals surface area (Å²) >= 11 is 0. The van der Waals surface area contributed by atoms with Gasteiger partial charge in [0.25, 0.3) is 5.88 Å². The van der Waals surface area contributed by atoms with Gasteiger partial charge in [0.05, 0.1) is 0 Å². The largest absolute Gasteiger partial charge is 0.449 e. The molecule has 0 spiro atoms. The zero-order chi connectivity index (χ0) is 19.1. The lowest BCUT2D eigenvalue weighted by Gasteiger charge is -2.09. The summed E-state index contributed by atoms with van der Waals surface area (Å²) in [7, 11) is 0. The molecule has 0 saturated heterocycles. The summed E-state index contributed by atoms with van der Waals surface area (Å²) in [6.45, 7) is 4.14. The second kappa shape index (κ2) is 6.50. The van der Waals surface area contributed by atoms with E-state index >= 15 is 0 Å². The maximum Gasteiger partial charge on any atom is 0.267 e. The average Bonchev–Trinajstić information content (AvgIpc) is 3.10. The molecule has 0 atom stereocenters. The molecule has 0 aliphatic rings. The number of hydrogen-bond acceptors (Lipinski definition) is 4. The molecule has 0 aliphatic heterocycles. The van der Waals surface area contributed by atoms with E-state index in [4.69, 9.17) is 14.1 Å². The number of rotatable bonds is 3. The Kier molecular flexibility index (Phi) is 3.83. The van der Waals surface area contributed by atoms with Crippen molar-refractivity contribution in [1.82, 2.24) is 9.97 Å². The Morgan fingerprint density at radius 1 is 0.786 bits per heavy atom. The van der Waals surface area contributed by atoms with Gasteiger partial charge in [-0.3, -0.25) is 0 Å². The van der Waals surface area contributed by atoms with E-state index in [0.717, 1.165) is 33.4 Å². The fraction of sp³-hybridized carbons (Fsp3) is 0.0833. The maximum absolute atomic E-state index is 6.17. The molecule has 0 bridgehead atoms. The topological polar surface area (TPSA) is 48.2 Å². The summed E-state index contributed by atoms with van der Waals surface area (Å²) in [6, 6.07) is 23.7. The minimum Gasteiger partial charge on any atom is -0.449 e. The molecule has 4 heteroatoms. The Morgan fingerprint density at radius 3 is 2.39 bits per heavy atom. The van der Waals surface area contributed by atoms with Crippen LogP contribution >= 0.6 is 0 Å². The molecule has 3 aromatic carbocycles. The first-order chi connectivity index (χ1) is 13.7. The van der Waals surface area contributed by atoms with Gasteiger partial charge in [0.2, 0.25) is 5.58 Å². The van der Waals surface area contributed by atoms with E-state index in [1.54, 1.807) is 0 Å². The van der Waals surface area contributed by atoms with Gasteiger partial charge in [-0.05, 0) is 49.2 Å². The van der Waals surface area contributed by atoms with Crippen LogP contribution in [0.3, 0.4) is 0 Å². The summed E-state index contributed by atoms with van der Waals surface area (Å²) in [6.07, 6.45) is 0. The molecule has 136 valence electrons. The lowest BCUT2D eigenvalue weighted by atomic mass is 10.1. The Labute approximate surface area is 162 Å². The molecule has 28 heavy (non-hydrogen) atoms. The van der Waals surface area contributed by atoms with Gasteiger partial charge >= 0.3 is 0 Å². The van der Waals surface area contributed by atoms with E-state index in [0.29, 0.717) is 17.3 Å². The minimum atomic E-state index is 0.420. The van der Waals surface area contributed by atoms with Crippen molar-refractivity contribution in [2.24, 2.45) is 0 Å². The Bertz CT molecular complexity index is 1310. The van der Waals surface area contributed by atoms with Gasteiger partial charge in [0.1, 0.15) is 16.8 Å². The van der Waals surface area contributed by atoms with Crippen LogP contribution in [0.25, 0.3) is 33.5 Å². The van der Waals surface area contributed by atoms with Crippen molar-refractivity contribution in [2.45, 2.75) is 13.8 Å². The molecule has 5 aromatic rings.